The van der Waals surface area contributed by atoms with Crippen LogP contribution in [-0.4, -0.2) is 13.2 Å². The molecular formula is C23H33NO. The highest BCUT2D eigenvalue weighted by molar-refractivity contribution is 5.63. The Hall–Kier alpha value is -1.80. The molecule has 2 heteroatoms. The van der Waals surface area contributed by atoms with Crippen LogP contribution < -0.4 is 10.5 Å². The van der Waals surface area contributed by atoms with E-state index < -0.39 is 0 Å². The Morgan fingerprint density at radius 1 is 0.560 bits per heavy atom. The molecule has 25 heavy (non-hydrogen) atoms. The molecule has 0 atom stereocenters. The minimum atomic E-state index is 0.821. The van der Waals surface area contributed by atoms with E-state index in [0.29, 0.717) is 0 Å². The maximum Gasteiger partial charge on any atom is 0.119 e. The molecule has 0 amide bonds. The standard InChI is InChI=1S/C23H33NO/c24-19-11-6-4-2-1-3-5-7-12-20-25-23-17-15-22(16-18-23)21-13-9-8-10-14-21/h8-10,13-18H,1-7,11-12,19-20,24H2. The summed E-state index contributed by atoms with van der Waals surface area (Å²) in [5, 5.41) is 0. The summed E-state index contributed by atoms with van der Waals surface area (Å²) in [6.45, 7) is 1.66. The predicted molar refractivity (Wildman–Crippen MR) is 108 cm³/mol. The number of benzene rings is 2. The van der Waals surface area contributed by atoms with Crippen LogP contribution in [0, 0.1) is 0 Å². The molecule has 2 aromatic carbocycles. The fourth-order valence-corrected chi connectivity index (χ4v) is 3.05. The van der Waals surface area contributed by atoms with E-state index in [4.69, 9.17) is 10.5 Å². The second-order valence-electron chi connectivity index (χ2n) is 6.71. The summed E-state index contributed by atoms with van der Waals surface area (Å²) < 4.78 is 5.86. The molecular weight excluding hydrogens is 306 g/mol. The Morgan fingerprint density at radius 2 is 1.08 bits per heavy atom. The zero-order valence-electron chi connectivity index (χ0n) is 15.5. The minimum absolute atomic E-state index is 0.821. The molecule has 0 aliphatic carbocycles. The molecule has 0 aromatic heterocycles. The lowest BCUT2D eigenvalue weighted by molar-refractivity contribution is 0.304. The molecule has 0 fully saturated rings. The Labute approximate surface area is 153 Å². The van der Waals surface area contributed by atoms with Crippen molar-refractivity contribution >= 4 is 0 Å². The lowest BCUT2D eigenvalue weighted by atomic mass is 10.1. The van der Waals surface area contributed by atoms with Gasteiger partial charge in [-0.25, -0.2) is 0 Å². The zero-order chi connectivity index (χ0) is 17.6. The van der Waals surface area contributed by atoms with Crippen molar-refractivity contribution in [3.8, 4) is 16.9 Å². The average Bonchev–Trinajstić information content (AvgIpc) is 2.67. The first-order valence-electron chi connectivity index (χ1n) is 9.88. The normalized spacial score (nSPS) is 10.8. The molecule has 136 valence electrons. The van der Waals surface area contributed by atoms with Crippen molar-refractivity contribution in [3.05, 3.63) is 54.6 Å². The van der Waals surface area contributed by atoms with Crippen LogP contribution in [-0.2, 0) is 0 Å². The molecule has 0 saturated carbocycles. The van der Waals surface area contributed by atoms with E-state index in [-0.39, 0.29) is 0 Å². The fourth-order valence-electron chi connectivity index (χ4n) is 3.05. The Balaban J connectivity index is 1.51. The highest BCUT2D eigenvalue weighted by Gasteiger charge is 1.98. The smallest absolute Gasteiger partial charge is 0.119 e. The predicted octanol–water partition coefficient (Wildman–Crippen LogP) is 6.20. The summed E-state index contributed by atoms with van der Waals surface area (Å²) in [7, 11) is 0. The van der Waals surface area contributed by atoms with Crippen molar-refractivity contribution in [2.45, 2.75) is 57.8 Å². The van der Waals surface area contributed by atoms with Crippen LogP contribution in [0.2, 0.25) is 0 Å². The summed E-state index contributed by atoms with van der Waals surface area (Å²) in [6, 6.07) is 18.9. The van der Waals surface area contributed by atoms with Gasteiger partial charge in [0.2, 0.25) is 0 Å². The van der Waals surface area contributed by atoms with E-state index >= 15 is 0 Å². The van der Waals surface area contributed by atoms with Gasteiger partial charge in [-0.15, -0.1) is 0 Å². The van der Waals surface area contributed by atoms with Gasteiger partial charge >= 0.3 is 0 Å². The van der Waals surface area contributed by atoms with Gasteiger partial charge in [0.25, 0.3) is 0 Å². The van der Waals surface area contributed by atoms with Gasteiger partial charge in [0.15, 0.2) is 0 Å². The molecule has 0 bridgehead atoms. The number of rotatable bonds is 13. The number of nitrogens with two attached hydrogens (primary N) is 1. The van der Waals surface area contributed by atoms with Crippen LogP contribution in [0.4, 0.5) is 0 Å². The number of ether oxygens (including phenoxy) is 1. The second-order valence-corrected chi connectivity index (χ2v) is 6.71. The molecule has 0 radical (unpaired) electrons. The SMILES string of the molecule is NCCCCCCCCCCCOc1ccc(-c2ccccc2)cc1. The van der Waals surface area contributed by atoms with Crippen molar-refractivity contribution in [3.63, 3.8) is 0 Å². The lowest BCUT2D eigenvalue weighted by Gasteiger charge is -2.07. The van der Waals surface area contributed by atoms with Crippen LogP contribution in [0.1, 0.15) is 57.8 Å². The first-order chi connectivity index (χ1) is 12.4. The Bertz CT molecular complexity index is 550. The van der Waals surface area contributed by atoms with Crippen molar-refractivity contribution in [1.82, 2.24) is 0 Å². The summed E-state index contributed by atoms with van der Waals surface area (Å²) in [6.07, 6.45) is 11.7. The van der Waals surface area contributed by atoms with Crippen LogP contribution in [0.15, 0.2) is 54.6 Å². The quantitative estimate of drug-likeness (QED) is 0.441. The zero-order valence-corrected chi connectivity index (χ0v) is 15.5. The summed E-state index contributed by atoms with van der Waals surface area (Å²) in [5.74, 6) is 0.972. The lowest BCUT2D eigenvalue weighted by Crippen LogP contribution is -1.97. The van der Waals surface area contributed by atoms with E-state index in [1.165, 1.54) is 62.5 Å². The van der Waals surface area contributed by atoms with E-state index in [9.17, 15) is 0 Å². The fraction of sp³-hybridized carbons (Fsp3) is 0.478. The first-order valence-corrected chi connectivity index (χ1v) is 9.88. The van der Waals surface area contributed by atoms with Crippen molar-refractivity contribution in [2.75, 3.05) is 13.2 Å². The number of hydrogen-bond donors (Lipinski definition) is 1. The summed E-state index contributed by atoms with van der Waals surface area (Å²) in [4.78, 5) is 0. The first kappa shape index (κ1) is 19.5. The van der Waals surface area contributed by atoms with Crippen LogP contribution in [0.5, 0.6) is 5.75 Å². The van der Waals surface area contributed by atoms with E-state index in [1.54, 1.807) is 0 Å². The molecule has 0 heterocycles. The second kappa shape index (κ2) is 12.5. The summed E-state index contributed by atoms with van der Waals surface area (Å²) in [5.41, 5.74) is 7.98. The van der Waals surface area contributed by atoms with Crippen molar-refractivity contribution in [1.29, 1.82) is 0 Å². The average molecular weight is 340 g/mol. The third kappa shape index (κ3) is 8.22. The van der Waals surface area contributed by atoms with Crippen LogP contribution in [0.3, 0.4) is 0 Å². The van der Waals surface area contributed by atoms with Gasteiger partial charge in [-0.2, -0.15) is 0 Å². The molecule has 0 unspecified atom stereocenters. The monoisotopic (exact) mass is 339 g/mol. The van der Waals surface area contributed by atoms with E-state index in [1.807, 2.05) is 6.07 Å². The third-order valence-electron chi connectivity index (χ3n) is 4.58. The molecule has 2 nitrogen and oxygen atoms in total. The van der Waals surface area contributed by atoms with Crippen molar-refractivity contribution < 1.29 is 4.74 Å². The van der Waals surface area contributed by atoms with Gasteiger partial charge in [-0.3, -0.25) is 0 Å². The highest BCUT2D eigenvalue weighted by Crippen LogP contribution is 2.22. The van der Waals surface area contributed by atoms with Gasteiger partial charge < -0.3 is 10.5 Å². The van der Waals surface area contributed by atoms with Crippen LogP contribution in [0.25, 0.3) is 11.1 Å². The number of unbranched alkanes of at least 4 members (excludes halogenated alkanes) is 8. The molecule has 2 aromatic rings. The maximum absolute atomic E-state index is 5.86. The highest BCUT2D eigenvalue weighted by atomic mass is 16.5. The number of hydrogen-bond acceptors (Lipinski definition) is 2. The topological polar surface area (TPSA) is 35.2 Å². The van der Waals surface area contributed by atoms with Gasteiger partial charge in [0, 0.05) is 0 Å². The Kier molecular flexibility index (Phi) is 9.80. The molecule has 2 rings (SSSR count). The molecule has 2 N–H and O–H groups in total. The van der Waals surface area contributed by atoms with Gasteiger partial charge in [0.1, 0.15) is 5.75 Å². The minimum Gasteiger partial charge on any atom is -0.494 e. The molecule has 0 aliphatic heterocycles. The van der Waals surface area contributed by atoms with E-state index in [2.05, 4.69) is 48.5 Å². The third-order valence-corrected chi connectivity index (χ3v) is 4.58. The van der Waals surface area contributed by atoms with Gasteiger partial charge in [0.05, 0.1) is 6.61 Å². The Morgan fingerprint density at radius 3 is 1.68 bits per heavy atom. The molecule has 0 spiro atoms. The molecule has 0 saturated heterocycles. The van der Waals surface area contributed by atoms with Gasteiger partial charge in [-0.1, -0.05) is 87.4 Å². The summed E-state index contributed by atoms with van der Waals surface area (Å²) >= 11 is 0. The molecule has 0 aliphatic rings. The van der Waals surface area contributed by atoms with Crippen molar-refractivity contribution in [2.24, 2.45) is 5.73 Å². The van der Waals surface area contributed by atoms with Gasteiger partial charge in [-0.05, 0) is 42.6 Å². The van der Waals surface area contributed by atoms with Crippen LogP contribution >= 0.6 is 0 Å². The maximum atomic E-state index is 5.86. The largest absolute Gasteiger partial charge is 0.494 e. The van der Waals surface area contributed by atoms with E-state index in [0.717, 1.165) is 25.3 Å².